The van der Waals surface area contributed by atoms with Gasteiger partial charge < -0.3 is 15.5 Å². The summed E-state index contributed by atoms with van der Waals surface area (Å²) in [7, 11) is 3.74. The Kier molecular flexibility index (Phi) is 8.07. The Labute approximate surface area is 171 Å². The molecule has 150 valence electrons. The second-order valence-corrected chi connectivity index (χ2v) is 7.32. The van der Waals surface area contributed by atoms with Crippen molar-refractivity contribution in [2.24, 2.45) is 0 Å². The van der Waals surface area contributed by atoms with Crippen molar-refractivity contribution in [3.05, 3.63) is 69.7 Å². The van der Waals surface area contributed by atoms with Gasteiger partial charge in [-0.3, -0.25) is 9.59 Å². The number of likely N-dealkylation sites (N-methyl/N-ethyl adjacent to an activating group) is 1. The first-order valence-corrected chi connectivity index (χ1v) is 9.49. The summed E-state index contributed by atoms with van der Waals surface area (Å²) in [6.45, 7) is 0.470. The number of halogens is 3. The first-order valence-electron chi connectivity index (χ1n) is 8.69. The molecular weight excluding hydrogens is 432 g/mol. The Morgan fingerprint density at radius 1 is 1.04 bits per heavy atom. The molecule has 0 aliphatic heterocycles. The Balaban J connectivity index is 1.82. The van der Waals surface area contributed by atoms with Crippen LogP contribution in [0.1, 0.15) is 28.4 Å². The number of nitrogens with one attached hydrogen (secondary N) is 2. The van der Waals surface area contributed by atoms with Gasteiger partial charge >= 0.3 is 0 Å². The van der Waals surface area contributed by atoms with E-state index >= 15 is 0 Å². The zero-order valence-electron chi connectivity index (χ0n) is 15.6. The monoisotopic (exact) mass is 453 g/mol. The van der Waals surface area contributed by atoms with Crippen LogP contribution in [0.4, 0.5) is 8.78 Å². The normalized spacial score (nSPS) is 11.9. The van der Waals surface area contributed by atoms with E-state index < -0.39 is 11.7 Å². The zero-order chi connectivity index (χ0) is 20.7. The van der Waals surface area contributed by atoms with Crippen LogP contribution in [0.5, 0.6) is 0 Å². The van der Waals surface area contributed by atoms with Gasteiger partial charge in [0.15, 0.2) is 0 Å². The lowest BCUT2D eigenvalue weighted by molar-refractivity contribution is -0.121. The number of hydrogen-bond donors (Lipinski definition) is 2. The van der Waals surface area contributed by atoms with Crippen molar-refractivity contribution in [3.63, 3.8) is 0 Å². The smallest absolute Gasteiger partial charge is 0.252 e. The molecule has 0 fully saturated rings. The maximum Gasteiger partial charge on any atom is 0.252 e. The molecule has 0 saturated heterocycles. The summed E-state index contributed by atoms with van der Waals surface area (Å²) in [5.41, 5.74) is 1.06. The van der Waals surface area contributed by atoms with Crippen LogP contribution in [0, 0.1) is 11.6 Å². The number of carbonyl (C=O) groups excluding carboxylic acids is 2. The van der Waals surface area contributed by atoms with E-state index in [9.17, 15) is 18.4 Å². The van der Waals surface area contributed by atoms with Gasteiger partial charge in [-0.25, -0.2) is 8.78 Å². The summed E-state index contributed by atoms with van der Waals surface area (Å²) in [5.74, 6) is -1.52. The highest BCUT2D eigenvalue weighted by molar-refractivity contribution is 9.10. The Hall–Kier alpha value is -2.32. The van der Waals surface area contributed by atoms with Gasteiger partial charge in [0.1, 0.15) is 11.6 Å². The molecule has 0 spiro atoms. The van der Waals surface area contributed by atoms with Crippen LogP contribution in [0.25, 0.3) is 0 Å². The first-order chi connectivity index (χ1) is 13.3. The van der Waals surface area contributed by atoms with Crippen molar-refractivity contribution in [2.75, 3.05) is 27.2 Å². The number of benzene rings is 2. The van der Waals surface area contributed by atoms with Crippen LogP contribution in [0.2, 0.25) is 0 Å². The predicted molar refractivity (Wildman–Crippen MR) is 107 cm³/mol. The van der Waals surface area contributed by atoms with Crippen LogP contribution in [-0.2, 0) is 4.79 Å². The largest absolute Gasteiger partial charge is 0.354 e. The van der Waals surface area contributed by atoms with Crippen molar-refractivity contribution in [3.8, 4) is 0 Å². The summed E-state index contributed by atoms with van der Waals surface area (Å²) >= 11 is 3.20. The fraction of sp³-hybridized carbons (Fsp3) is 0.300. The van der Waals surface area contributed by atoms with Crippen LogP contribution >= 0.6 is 15.9 Å². The van der Waals surface area contributed by atoms with Gasteiger partial charge in [0, 0.05) is 24.0 Å². The van der Waals surface area contributed by atoms with E-state index in [4.69, 9.17) is 0 Å². The predicted octanol–water partition coefficient (Wildman–Crippen LogP) is 3.27. The summed E-state index contributed by atoms with van der Waals surface area (Å²) in [5, 5.41) is 5.41. The van der Waals surface area contributed by atoms with Gasteiger partial charge in [-0.15, -0.1) is 0 Å². The number of rotatable bonds is 8. The molecule has 5 nitrogen and oxygen atoms in total. The van der Waals surface area contributed by atoms with Crippen molar-refractivity contribution in [1.82, 2.24) is 15.5 Å². The first kappa shape index (κ1) is 22.0. The third-order valence-electron chi connectivity index (χ3n) is 4.18. The molecule has 2 aromatic rings. The zero-order valence-corrected chi connectivity index (χ0v) is 17.2. The van der Waals surface area contributed by atoms with E-state index in [1.165, 1.54) is 24.3 Å². The van der Waals surface area contributed by atoms with Crippen molar-refractivity contribution < 1.29 is 18.4 Å². The summed E-state index contributed by atoms with van der Waals surface area (Å²) in [6, 6.07) is 9.85. The molecule has 0 aliphatic carbocycles. The van der Waals surface area contributed by atoms with Gasteiger partial charge in [0.2, 0.25) is 5.91 Å². The fourth-order valence-corrected chi connectivity index (χ4v) is 3.07. The molecule has 0 bridgehead atoms. The van der Waals surface area contributed by atoms with Crippen LogP contribution in [0.3, 0.4) is 0 Å². The average Bonchev–Trinajstić information content (AvgIpc) is 2.65. The number of nitrogens with zero attached hydrogens (tertiary/aromatic N) is 1. The highest BCUT2D eigenvalue weighted by Gasteiger charge is 2.16. The summed E-state index contributed by atoms with van der Waals surface area (Å²) in [6.07, 6.45) is 0.0856. The second-order valence-electron chi connectivity index (χ2n) is 6.47. The molecule has 2 aromatic carbocycles. The van der Waals surface area contributed by atoms with Crippen LogP contribution in [-0.4, -0.2) is 43.9 Å². The molecule has 2 amide bonds. The molecule has 0 radical (unpaired) electrons. The molecule has 0 saturated carbocycles. The van der Waals surface area contributed by atoms with Gasteiger partial charge in [-0.05, 0) is 65.9 Å². The van der Waals surface area contributed by atoms with Gasteiger partial charge in [0.05, 0.1) is 11.6 Å². The average molecular weight is 454 g/mol. The minimum atomic E-state index is -0.512. The Morgan fingerprint density at radius 2 is 1.68 bits per heavy atom. The molecule has 8 heteroatoms. The molecular formula is C20H22BrF2N3O2. The maximum atomic E-state index is 13.3. The van der Waals surface area contributed by atoms with E-state index in [2.05, 4.69) is 26.6 Å². The highest BCUT2D eigenvalue weighted by Crippen LogP contribution is 2.18. The van der Waals surface area contributed by atoms with E-state index in [0.29, 0.717) is 11.0 Å². The SMILES string of the molecule is CN(C)C(CNC(=O)CCNC(=O)c1cc(F)ccc1Br)c1ccc(F)cc1. The lowest BCUT2D eigenvalue weighted by atomic mass is 10.1. The molecule has 1 unspecified atom stereocenters. The van der Waals surface area contributed by atoms with E-state index in [-0.39, 0.29) is 36.3 Å². The minimum Gasteiger partial charge on any atom is -0.354 e. The quantitative estimate of drug-likeness (QED) is 0.644. The minimum absolute atomic E-state index is 0.0856. The number of amides is 2. The standard InChI is InChI=1S/C20H22BrF2N3O2/c1-26(2)18(13-3-5-14(22)6-4-13)12-25-19(27)9-10-24-20(28)16-11-15(23)7-8-17(16)21/h3-8,11,18H,9-10,12H2,1-2H3,(H,24,28)(H,25,27). The lowest BCUT2D eigenvalue weighted by Gasteiger charge is -2.25. The van der Waals surface area contributed by atoms with E-state index in [0.717, 1.165) is 11.6 Å². The highest BCUT2D eigenvalue weighted by atomic mass is 79.9. The topological polar surface area (TPSA) is 61.4 Å². The Morgan fingerprint density at radius 3 is 2.32 bits per heavy atom. The van der Waals surface area contributed by atoms with Gasteiger partial charge in [-0.1, -0.05) is 12.1 Å². The van der Waals surface area contributed by atoms with E-state index in [1.807, 2.05) is 19.0 Å². The molecule has 2 N–H and O–H groups in total. The summed E-state index contributed by atoms with van der Waals surface area (Å²) < 4.78 is 26.8. The molecule has 0 aromatic heterocycles. The van der Waals surface area contributed by atoms with Crippen molar-refractivity contribution in [2.45, 2.75) is 12.5 Å². The molecule has 1 atom stereocenters. The van der Waals surface area contributed by atoms with Crippen LogP contribution < -0.4 is 10.6 Å². The van der Waals surface area contributed by atoms with Crippen LogP contribution in [0.15, 0.2) is 46.9 Å². The summed E-state index contributed by atoms with van der Waals surface area (Å²) in [4.78, 5) is 26.1. The third-order valence-corrected chi connectivity index (χ3v) is 4.87. The maximum absolute atomic E-state index is 13.3. The molecule has 0 heterocycles. The Bertz CT molecular complexity index is 829. The van der Waals surface area contributed by atoms with Crippen molar-refractivity contribution in [1.29, 1.82) is 0 Å². The molecule has 28 heavy (non-hydrogen) atoms. The molecule has 2 rings (SSSR count). The number of carbonyl (C=O) groups is 2. The van der Waals surface area contributed by atoms with Gasteiger partial charge in [0.25, 0.3) is 5.91 Å². The number of hydrogen-bond acceptors (Lipinski definition) is 3. The fourth-order valence-electron chi connectivity index (χ4n) is 2.64. The lowest BCUT2D eigenvalue weighted by Crippen LogP contribution is -2.36. The molecule has 0 aliphatic rings. The van der Waals surface area contributed by atoms with E-state index in [1.54, 1.807) is 12.1 Å². The van der Waals surface area contributed by atoms with Crippen molar-refractivity contribution >= 4 is 27.7 Å². The van der Waals surface area contributed by atoms with Gasteiger partial charge in [-0.2, -0.15) is 0 Å². The third kappa shape index (κ3) is 6.38. The second kappa shape index (κ2) is 10.3.